The summed E-state index contributed by atoms with van der Waals surface area (Å²) in [6, 6.07) is 5.32. The Bertz CT molecular complexity index is 696. The standard InChI is InChI=1S/C15H13N3O/c1-3-4-14-13(5-6-15(16)18-14)12-7-11(10(2)19)8-17-9-12/h5-9H,1-2H3,(H2,16,18). The summed E-state index contributed by atoms with van der Waals surface area (Å²) in [5.41, 5.74) is 8.44. The number of nitrogens with two attached hydrogens (primary N) is 1. The van der Waals surface area contributed by atoms with Gasteiger partial charge in [-0.3, -0.25) is 9.78 Å². The van der Waals surface area contributed by atoms with Gasteiger partial charge in [0.2, 0.25) is 0 Å². The topological polar surface area (TPSA) is 68.9 Å². The number of nitrogen functional groups attached to an aromatic ring is 1. The SMILES string of the molecule is CC#Cc1nc(N)ccc1-c1cncc(C(C)=O)c1. The van der Waals surface area contributed by atoms with Crippen molar-refractivity contribution in [3.63, 3.8) is 0 Å². The predicted molar refractivity (Wildman–Crippen MR) is 74.4 cm³/mol. The summed E-state index contributed by atoms with van der Waals surface area (Å²) < 4.78 is 0. The van der Waals surface area contributed by atoms with Crippen LogP contribution in [0.4, 0.5) is 5.82 Å². The van der Waals surface area contributed by atoms with E-state index in [1.54, 1.807) is 31.5 Å². The monoisotopic (exact) mass is 251 g/mol. The molecule has 0 amide bonds. The first kappa shape index (κ1) is 12.8. The summed E-state index contributed by atoms with van der Waals surface area (Å²) in [7, 11) is 0. The van der Waals surface area contributed by atoms with Crippen LogP contribution in [0.3, 0.4) is 0 Å². The Labute approximate surface area is 111 Å². The maximum Gasteiger partial charge on any atom is 0.161 e. The van der Waals surface area contributed by atoms with Gasteiger partial charge >= 0.3 is 0 Å². The predicted octanol–water partition coefficient (Wildman–Crippen LogP) is 2.30. The fraction of sp³-hybridized carbons (Fsp3) is 0.133. The molecule has 0 aliphatic heterocycles. The molecule has 0 radical (unpaired) electrons. The lowest BCUT2D eigenvalue weighted by Gasteiger charge is -2.06. The van der Waals surface area contributed by atoms with Crippen molar-refractivity contribution < 1.29 is 4.79 Å². The van der Waals surface area contributed by atoms with Gasteiger partial charge in [-0.05, 0) is 38.0 Å². The van der Waals surface area contributed by atoms with Crippen LogP contribution < -0.4 is 5.73 Å². The van der Waals surface area contributed by atoms with Gasteiger partial charge in [-0.2, -0.15) is 0 Å². The highest BCUT2D eigenvalue weighted by Gasteiger charge is 2.08. The van der Waals surface area contributed by atoms with Crippen LogP contribution in [0, 0.1) is 11.8 Å². The maximum atomic E-state index is 11.4. The van der Waals surface area contributed by atoms with E-state index in [0.29, 0.717) is 17.1 Å². The molecule has 2 heterocycles. The second kappa shape index (κ2) is 5.32. The molecule has 4 heteroatoms. The molecule has 0 fully saturated rings. The van der Waals surface area contributed by atoms with Gasteiger partial charge < -0.3 is 5.73 Å². The average Bonchev–Trinajstić information content (AvgIpc) is 2.39. The third-order valence-electron chi connectivity index (χ3n) is 2.62. The van der Waals surface area contributed by atoms with Crippen LogP contribution in [0.1, 0.15) is 29.9 Å². The van der Waals surface area contributed by atoms with Crippen molar-refractivity contribution in [3.05, 3.63) is 41.9 Å². The molecule has 0 saturated carbocycles. The Morgan fingerprint density at radius 2 is 2.11 bits per heavy atom. The molecule has 0 aliphatic rings. The summed E-state index contributed by atoms with van der Waals surface area (Å²) in [5.74, 6) is 6.10. The normalized spacial score (nSPS) is 9.58. The van der Waals surface area contributed by atoms with Gasteiger partial charge in [-0.25, -0.2) is 4.98 Å². The van der Waals surface area contributed by atoms with Crippen LogP contribution in [0.2, 0.25) is 0 Å². The number of hydrogen-bond acceptors (Lipinski definition) is 4. The van der Waals surface area contributed by atoms with Crippen molar-refractivity contribution in [1.29, 1.82) is 0 Å². The van der Waals surface area contributed by atoms with Crippen molar-refractivity contribution in [2.75, 3.05) is 5.73 Å². The molecule has 0 atom stereocenters. The number of Topliss-reactive ketones (excluding diaryl/α,β-unsaturated/α-hetero) is 1. The molecule has 0 unspecified atom stereocenters. The molecule has 19 heavy (non-hydrogen) atoms. The van der Waals surface area contributed by atoms with E-state index in [-0.39, 0.29) is 5.78 Å². The highest BCUT2D eigenvalue weighted by molar-refractivity contribution is 5.95. The Morgan fingerprint density at radius 1 is 1.32 bits per heavy atom. The largest absolute Gasteiger partial charge is 0.384 e. The minimum atomic E-state index is -0.0270. The molecule has 0 aliphatic carbocycles. The summed E-state index contributed by atoms with van der Waals surface area (Å²) in [4.78, 5) is 19.7. The summed E-state index contributed by atoms with van der Waals surface area (Å²) in [6.07, 6.45) is 3.22. The van der Waals surface area contributed by atoms with E-state index in [1.165, 1.54) is 6.92 Å². The number of carbonyl (C=O) groups is 1. The fourth-order valence-corrected chi connectivity index (χ4v) is 1.70. The lowest BCUT2D eigenvalue weighted by atomic mass is 10.0. The molecule has 2 aromatic heterocycles. The van der Waals surface area contributed by atoms with E-state index in [1.807, 2.05) is 6.07 Å². The molecule has 2 rings (SSSR count). The first-order valence-electron chi connectivity index (χ1n) is 5.77. The summed E-state index contributed by atoms with van der Waals surface area (Å²) in [6.45, 7) is 3.24. The molecule has 0 spiro atoms. The second-order valence-corrected chi connectivity index (χ2v) is 4.03. The number of aromatic nitrogens is 2. The third kappa shape index (κ3) is 2.78. The molecule has 0 bridgehead atoms. The van der Waals surface area contributed by atoms with Crippen molar-refractivity contribution in [2.45, 2.75) is 13.8 Å². The average molecular weight is 251 g/mol. The van der Waals surface area contributed by atoms with E-state index >= 15 is 0 Å². The van der Waals surface area contributed by atoms with E-state index in [0.717, 1.165) is 11.1 Å². The highest BCUT2D eigenvalue weighted by Crippen LogP contribution is 2.23. The molecule has 0 aromatic carbocycles. The Kier molecular flexibility index (Phi) is 3.58. The molecule has 0 saturated heterocycles. The fourth-order valence-electron chi connectivity index (χ4n) is 1.70. The number of anilines is 1. The lowest BCUT2D eigenvalue weighted by Crippen LogP contribution is -1.98. The van der Waals surface area contributed by atoms with Crippen molar-refractivity contribution in [2.24, 2.45) is 0 Å². The number of rotatable bonds is 2. The molecule has 2 N–H and O–H groups in total. The zero-order valence-electron chi connectivity index (χ0n) is 10.8. The summed E-state index contributed by atoms with van der Waals surface area (Å²) >= 11 is 0. The van der Waals surface area contributed by atoms with Crippen LogP contribution >= 0.6 is 0 Å². The molecular weight excluding hydrogens is 238 g/mol. The third-order valence-corrected chi connectivity index (χ3v) is 2.62. The molecule has 4 nitrogen and oxygen atoms in total. The number of nitrogens with zero attached hydrogens (tertiary/aromatic N) is 2. The van der Waals surface area contributed by atoms with Crippen LogP contribution in [0.25, 0.3) is 11.1 Å². The van der Waals surface area contributed by atoms with Crippen LogP contribution in [-0.2, 0) is 0 Å². The first-order valence-corrected chi connectivity index (χ1v) is 5.77. The Balaban J connectivity index is 2.60. The zero-order valence-corrected chi connectivity index (χ0v) is 10.8. The van der Waals surface area contributed by atoms with E-state index in [9.17, 15) is 4.79 Å². The minimum absolute atomic E-state index is 0.0270. The van der Waals surface area contributed by atoms with Gasteiger partial charge in [0.25, 0.3) is 0 Å². The maximum absolute atomic E-state index is 11.4. The van der Waals surface area contributed by atoms with E-state index < -0.39 is 0 Å². The first-order chi connectivity index (χ1) is 9.11. The molecule has 94 valence electrons. The number of hydrogen-bond donors (Lipinski definition) is 1. The van der Waals surface area contributed by atoms with Crippen molar-refractivity contribution >= 4 is 11.6 Å². The van der Waals surface area contributed by atoms with Gasteiger partial charge in [0.15, 0.2) is 5.78 Å². The zero-order chi connectivity index (χ0) is 13.8. The van der Waals surface area contributed by atoms with Gasteiger partial charge in [0.05, 0.1) is 0 Å². The molecular formula is C15H13N3O. The summed E-state index contributed by atoms with van der Waals surface area (Å²) in [5, 5.41) is 0. The van der Waals surface area contributed by atoms with Gasteiger partial charge in [-0.15, -0.1) is 0 Å². The van der Waals surface area contributed by atoms with Crippen molar-refractivity contribution in [3.8, 4) is 23.0 Å². The van der Waals surface area contributed by atoms with Gasteiger partial charge in [0.1, 0.15) is 11.5 Å². The highest BCUT2D eigenvalue weighted by atomic mass is 16.1. The number of carbonyl (C=O) groups excluding carboxylic acids is 1. The smallest absolute Gasteiger partial charge is 0.161 e. The van der Waals surface area contributed by atoms with Gasteiger partial charge in [-0.1, -0.05) is 5.92 Å². The number of pyridine rings is 2. The van der Waals surface area contributed by atoms with Crippen LogP contribution in [-0.4, -0.2) is 15.8 Å². The minimum Gasteiger partial charge on any atom is -0.384 e. The Hall–Kier alpha value is -2.67. The van der Waals surface area contributed by atoms with Crippen LogP contribution in [0.15, 0.2) is 30.6 Å². The van der Waals surface area contributed by atoms with Crippen LogP contribution in [0.5, 0.6) is 0 Å². The lowest BCUT2D eigenvalue weighted by molar-refractivity contribution is 0.101. The Morgan fingerprint density at radius 3 is 2.79 bits per heavy atom. The second-order valence-electron chi connectivity index (χ2n) is 4.03. The number of ketones is 1. The van der Waals surface area contributed by atoms with E-state index in [2.05, 4.69) is 21.8 Å². The van der Waals surface area contributed by atoms with Crippen molar-refractivity contribution in [1.82, 2.24) is 9.97 Å². The van der Waals surface area contributed by atoms with E-state index in [4.69, 9.17) is 5.73 Å². The quantitative estimate of drug-likeness (QED) is 0.656. The molecule has 2 aromatic rings. The van der Waals surface area contributed by atoms with Gasteiger partial charge in [0, 0.05) is 29.1 Å².